The summed E-state index contributed by atoms with van der Waals surface area (Å²) in [5, 5.41) is 0. The second-order valence-electron chi connectivity index (χ2n) is 6.29. The number of amidine groups is 1. The maximum absolute atomic E-state index is 11.2. The molecule has 0 bridgehead atoms. The lowest BCUT2D eigenvalue weighted by molar-refractivity contribution is -0.117. The minimum Gasteiger partial charge on any atom is -0.491 e. The van der Waals surface area contributed by atoms with E-state index < -0.39 is 0 Å². The number of aliphatic imine (C=N–C) groups is 2. The normalized spacial score (nSPS) is 14.0. The minimum absolute atomic E-state index is 0.0715. The van der Waals surface area contributed by atoms with E-state index in [1.165, 1.54) is 6.34 Å². The molecule has 0 unspecified atom stereocenters. The molecule has 1 aliphatic heterocycles. The highest BCUT2D eigenvalue weighted by Gasteiger charge is 2.20. The van der Waals surface area contributed by atoms with E-state index in [1.807, 2.05) is 42.8 Å². The first-order valence-electron chi connectivity index (χ1n) is 8.42. The molecule has 1 aromatic heterocycles. The van der Waals surface area contributed by atoms with Gasteiger partial charge in [0.05, 0.1) is 24.9 Å². The van der Waals surface area contributed by atoms with Crippen molar-refractivity contribution in [3.8, 4) is 17.1 Å². The molecule has 2 heterocycles. The Morgan fingerprint density at radius 3 is 2.96 bits per heavy atom. The third-order valence-corrected chi connectivity index (χ3v) is 3.84. The maximum atomic E-state index is 11.2. The van der Waals surface area contributed by atoms with Crippen molar-refractivity contribution in [1.82, 2.24) is 9.55 Å². The summed E-state index contributed by atoms with van der Waals surface area (Å²) in [5.74, 6) is 1.57. The van der Waals surface area contributed by atoms with Crippen molar-refractivity contribution in [3.05, 3.63) is 35.7 Å². The van der Waals surface area contributed by atoms with Gasteiger partial charge in [-0.15, -0.1) is 0 Å². The molecule has 8 nitrogen and oxygen atoms in total. The zero-order chi connectivity index (χ0) is 18.7. The molecular weight excluding hydrogens is 332 g/mol. The van der Waals surface area contributed by atoms with Crippen molar-refractivity contribution < 1.29 is 9.53 Å². The minimum atomic E-state index is -0.378. The van der Waals surface area contributed by atoms with Crippen LogP contribution in [0.4, 0.5) is 0 Å². The van der Waals surface area contributed by atoms with Gasteiger partial charge in [-0.05, 0) is 31.5 Å². The monoisotopic (exact) mass is 354 g/mol. The first kappa shape index (κ1) is 17.7. The number of rotatable bonds is 4. The largest absolute Gasteiger partial charge is 0.491 e. The van der Waals surface area contributed by atoms with Gasteiger partial charge in [-0.1, -0.05) is 6.07 Å². The summed E-state index contributed by atoms with van der Waals surface area (Å²) in [5.41, 5.74) is 13.1. The van der Waals surface area contributed by atoms with Gasteiger partial charge in [0, 0.05) is 12.2 Å². The summed E-state index contributed by atoms with van der Waals surface area (Å²) in [6, 6.07) is 5.67. The van der Waals surface area contributed by atoms with Crippen molar-refractivity contribution in [2.75, 3.05) is 6.61 Å². The molecule has 0 radical (unpaired) electrons. The Morgan fingerprint density at radius 1 is 1.46 bits per heavy atom. The van der Waals surface area contributed by atoms with Crippen molar-refractivity contribution >= 4 is 18.1 Å². The number of nitrogens with two attached hydrogens (primary N) is 2. The Bertz CT molecular complexity index is 882. The van der Waals surface area contributed by atoms with Crippen LogP contribution in [0, 0.1) is 0 Å². The molecule has 1 amide bonds. The SMILES string of the molecule is CC(C)N=C(N=CN)c1cn2c(n1)-c1ccc(CC(N)=O)cc1OCC2. The lowest BCUT2D eigenvalue weighted by Gasteiger charge is -2.08. The number of hydrogen-bond donors (Lipinski definition) is 2. The van der Waals surface area contributed by atoms with Crippen LogP contribution in [0.25, 0.3) is 11.4 Å². The number of hydrogen-bond acceptors (Lipinski definition) is 4. The van der Waals surface area contributed by atoms with Gasteiger partial charge in [0.2, 0.25) is 5.91 Å². The van der Waals surface area contributed by atoms with Crippen LogP contribution >= 0.6 is 0 Å². The van der Waals surface area contributed by atoms with E-state index in [2.05, 4.69) is 9.98 Å². The lowest BCUT2D eigenvalue weighted by Crippen LogP contribution is -2.13. The zero-order valence-corrected chi connectivity index (χ0v) is 14.8. The number of nitrogens with zero attached hydrogens (tertiary/aromatic N) is 4. The summed E-state index contributed by atoms with van der Waals surface area (Å²) in [6.45, 7) is 5.07. The van der Waals surface area contributed by atoms with Gasteiger partial charge in [-0.3, -0.25) is 9.79 Å². The third-order valence-electron chi connectivity index (χ3n) is 3.84. The van der Waals surface area contributed by atoms with E-state index in [0.717, 1.165) is 17.0 Å². The number of carbonyl (C=O) groups excluding carboxylic acids is 1. The zero-order valence-electron chi connectivity index (χ0n) is 14.8. The van der Waals surface area contributed by atoms with Crippen LogP contribution in [0.2, 0.25) is 0 Å². The predicted octanol–water partition coefficient (Wildman–Crippen LogP) is 1.11. The van der Waals surface area contributed by atoms with E-state index in [1.54, 1.807) is 0 Å². The quantitative estimate of drug-likeness (QED) is 0.631. The second-order valence-corrected chi connectivity index (χ2v) is 6.29. The Morgan fingerprint density at radius 2 is 2.27 bits per heavy atom. The highest BCUT2D eigenvalue weighted by Crippen LogP contribution is 2.33. The van der Waals surface area contributed by atoms with Crippen LogP contribution in [0.1, 0.15) is 25.1 Å². The average Bonchev–Trinajstić information content (AvgIpc) is 2.90. The fourth-order valence-electron chi connectivity index (χ4n) is 2.83. The molecule has 0 atom stereocenters. The van der Waals surface area contributed by atoms with E-state index in [9.17, 15) is 4.79 Å². The van der Waals surface area contributed by atoms with Gasteiger partial charge in [-0.2, -0.15) is 0 Å². The van der Waals surface area contributed by atoms with Crippen LogP contribution in [0.3, 0.4) is 0 Å². The Labute approximate surface area is 151 Å². The molecule has 8 heteroatoms. The van der Waals surface area contributed by atoms with Gasteiger partial charge in [0.1, 0.15) is 23.9 Å². The molecule has 1 aliphatic rings. The number of primary amides is 1. The third kappa shape index (κ3) is 3.74. The smallest absolute Gasteiger partial charge is 0.221 e. The van der Waals surface area contributed by atoms with Crippen LogP contribution < -0.4 is 16.2 Å². The second kappa shape index (κ2) is 7.38. The van der Waals surface area contributed by atoms with Crippen molar-refractivity contribution in [2.45, 2.75) is 32.9 Å². The summed E-state index contributed by atoms with van der Waals surface area (Å²) in [6.07, 6.45) is 3.30. The molecule has 0 saturated heterocycles. The topological polar surface area (TPSA) is 121 Å². The predicted molar refractivity (Wildman–Crippen MR) is 100 cm³/mol. The number of aromatic nitrogens is 2. The number of fused-ring (bicyclic) bond motifs is 3. The molecule has 0 aliphatic carbocycles. The average molecular weight is 354 g/mol. The molecule has 1 aromatic carbocycles. The van der Waals surface area contributed by atoms with Crippen LogP contribution in [0.5, 0.6) is 5.75 Å². The lowest BCUT2D eigenvalue weighted by atomic mass is 10.1. The first-order chi connectivity index (χ1) is 12.5. The van der Waals surface area contributed by atoms with Crippen LogP contribution in [-0.2, 0) is 17.8 Å². The highest BCUT2D eigenvalue weighted by atomic mass is 16.5. The van der Waals surface area contributed by atoms with Crippen LogP contribution in [0.15, 0.2) is 34.4 Å². The molecule has 4 N–H and O–H groups in total. The maximum Gasteiger partial charge on any atom is 0.221 e. The van der Waals surface area contributed by atoms with E-state index in [0.29, 0.717) is 30.4 Å². The molecular formula is C18H22N6O2. The van der Waals surface area contributed by atoms with E-state index >= 15 is 0 Å². The first-order valence-corrected chi connectivity index (χ1v) is 8.42. The Kier molecular flexibility index (Phi) is 5.01. The number of imidazole rings is 1. The standard InChI is InChI=1S/C18H22N6O2/c1-11(2)22-17(21-10-19)14-9-24-5-6-26-15-7-12(8-16(20)25)3-4-13(15)18(24)23-14/h3-4,7,9-11H,5-6,8H2,1-2H3,(H2,20,25)(H2,19,21,22). The number of amides is 1. The molecule has 136 valence electrons. The van der Waals surface area contributed by atoms with Crippen LogP contribution in [-0.4, -0.2) is 40.3 Å². The van der Waals surface area contributed by atoms with Gasteiger partial charge in [-0.25, -0.2) is 9.98 Å². The number of ether oxygens (including phenoxy) is 1. The fraction of sp³-hybridized carbons (Fsp3) is 0.333. The van der Waals surface area contributed by atoms with Gasteiger partial charge < -0.3 is 20.8 Å². The van der Waals surface area contributed by atoms with E-state index in [-0.39, 0.29) is 18.4 Å². The molecule has 0 fully saturated rings. The highest BCUT2D eigenvalue weighted by molar-refractivity contribution is 6.01. The summed E-state index contributed by atoms with van der Waals surface area (Å²) in [4.78, 5) is 24.5. The van der Waals surface area contributed by atoms with Crippen molar-refractivity contribution in [3.63, 3.8) is 0 Å². The summed E-state index contributed by atoms with van der Waals surface area (Å²) in [7, 11) is 0. The molecule has 2 aromatic rings. The summed E-state index contributed by atoms with van der Waals surface area (Å²) < 4.78 is 7.84. The molecule has 0 saturated carbocycles. The molecule has 3 rings (SSSR count). The van der Waals surface area contributed by atoms with Gasteiger partial charge in [0.15, 0.2) is 5.84 Å². The van der Waals surface area contributed by atoms with E-state index in [4.69, 9.17) is 21.2 Å². The van der Waals surface area contributed by atoms with Gasteiger partial charge in [0.25, 0.3) is 0 Å². The molecule has 0 spiro atoms. The van der Waals surface area contributed by atoms with Crippen molar-refractivity contribution in [1.29, 1.82) is 0 Å². The Hall–Kier alpha value is -3.16. The Balaban J connectivity index is 2.05. The number of carbonyl (C=O) groups is 1. The number of benzene rings is 1. The fourth-order valence-corrected chi connectivity index (χ4v) is 2.83. The van der Waals surface area contributed by atoms with Crippen molar-refractivity contribution in [2.24, 2.45) is 21.5 Å². The van der Waals surface area contributed by atoms with Gasteiger partial charge >= 0.3 is 0 Å². The molecule has 26 heavy (non-hydrogen) atoms. The summed E-state index contributed by atoms with van der Waals surface area (Å²) >= 11 is 0.